The lowest BCUT2D eigenvalue weighted by Crippen LogP contribution is -2.38. The Morgan fingerprint density at radius 2 is 1.90 bits per heavy atom. The minimum Gasteiger partial charge on any atom is -0.395 e. The van der Waals surface area contributed by atoms with Crippen molar-refractivity contribution in [3.8, 4) is 0 Å². The standard InChI is InChI=1S/C20H28N8O3/c1-14-3-2-4-15(13-14)21-19-22-16-17(23-19)24-20(26-28(5-9-29)6-10-30)25-18(16)27-7-11-31-12-8-27/h2-4,13,29-30H,5-12H2,1H3,(H3,21,22,23,24,25,26). The highest BCUT2D eigenvalue weighted by molar-refractivity contribution is 5.87. The summed E-state index contributed by atoms with van der Waals surface area (Å²) in [6.45, 7) is 5.25. The minimum atomic E-state index is -0.0570. The molecule has 1 aliphatic rings. The quantitative estimate of drug-likeness (QED) is 0.312. The molecule has 5 N–H and O–H groups in total. The van der Waals surface area contributed by atoms with Gasteiger partial charge in [0, 0.05) is 31.9 Å². The molecule has 3 heterocycles. The smallest absolute Gasteiger partial charge is 0.241 e. The van der Waals surface area contributed by atoms with Gasteiger partial charge in [-0.25, -0.2) is 5.01 Å². The van der Waals surface area contributed by atoms with Gasteiger partial charge in [-0.1, -0.05) is 12.1 Å². The van der Waals surface area contributed by atoms with Crippen molar-refractivity contribution in [2.45, 2.75) is 6.92 Å². The molecule has 0 unspecified atom stereocenters. The van der Waals surface area contributed by atoms with Gasteiger partial charge < -0.3 is 30.2 Å². The number of fused-ring (bicyclic) bond motifs is 1. The molecule has 0 spiro atoms. The molecule has 0 radical (unpaired) electrons. The number of nitrogens with zero attached hydrogens (tertiary/aromatic N) is 5. The van der Waals surface area contributed by atoms with E-state index in [1.165, 1.54) is 0 Å². The Bertz CT molecular complexity index is 999. The van der Waals surface area contributed by atoms with Crippen molar-refractivity contribution in [2.75, 3.05) is 68.2 Å². The van der Waals surface area contributed by atoms with Gasteiger partial charge >= 0.3 is 0 Å². The van der Waals surface area contributed by atoms with Crippen LogP contribution in [0.2, 0.25) is 0 Å². The van der Waals surface area contributed by atoms with Gasteiger partial charge in [-0.15, -0.1) is 0 Å². The number of rotatable bonds is 9. The Labute approximate surface area is 180 Å². The lowest BCUT2D eigenvalue weighted by Gasteiger charge is -2.28. The van der Waals surface area contributed by atoms with Crippen LogP contribution in [-0.2, 0) is 4.74 Å². The highest BCUT2D eigenvalue weighted by Crippen LogP contribution is 2.27. The summed E-state index contributed by atoms with van der Waals surface area (Å²) in [7, 11) is 0. The zero-order valence-corrected chi connectivity index (χ0v) is 17.5. The normalized spacial score (nSPS) is 14.4. The molecule has 1 aromatic carbocycles. The molecule has 2 aromatic heterocycles. The molecule has 0 aliphatic carbocycles. The molecule has 166 valence electrons. The van der Waals surface area contributed by atoms with Crippen LogP contribution in [0.4, 0.5) is 23.4 Å². The highest BCUT2D eigenvalue weighted by atomic mass is 16.5. The minimum absolute atomic E-state index is 0.0570. The number of ether oxygens (including phenoxy) is 1. The number of aryl methyl sites for hydroxylation is 1. The van der Waals surface area contributed by atoms with E-state index in [4.69, 9.17) is 9.72 Å². The predicted octanol–water partition coefficient (Wildman–Crippen LogP) is 0.855. The van der Waals surface area contributed by atoms with Gasteiger partial charge in [-0.3, -0.25) is 5.43 Å². The third-order valence-electron chi connectivity index (χ3n) is 4.92. The summed E-state index contributed by atoms with van der Waals surface area (Å²) in [6.07, 6.45) is 0. The van der Waals surface area contributed by atoms with E-state index >= 15 is 0 Å². The van der Waals surface area contributed by atoms with Gasteiger partial charge in [0.25, 0.3) is 0 Å². The van der Waals surface area contributed by atoms with E-state index in [0.717, 1.165) is 22.6 Å². The Hall–Kier alpha value is -2.99. The molecule has 11 heteroatoms. The maximum Gasteiger partial charge on any atom is 0.241 e. The first-order valence-corrected chi connectivity index (χ1v) is 10.3. The van der Waals surface area contributed by atoms with Crippen LogP contribution >= 0.6 is 0 Å². The Morgan fingerprint density at radius 3 is 2.61 bits per heavy atom. The maximum atomic E-state index is 9.28. The van der Waals surface area contributed by atoms with E-state index < -0.39 is 0 Å². The van der Waals surface area contributed by atoms with Crippen molar-refractivity contribution < 1.29 is 14.9 Å². The molecule has 4 rings (SSSR count). The second kappa shape index (κ2) is 9.88. The SMILES string of the molecule is Cc1cccc(Nc2nc3nc(NN(CCO)CCO)nc(N4CCOCC4)c3[nH]2)c1. The molecule has 31 heavy (non-hydrogen) atoms. The van der Waals surface area contributed by atoms with Gasteiger partial charge in [0.2, 0.25) is 11.9 Å². The van der Waals surface area contributed by atoms with Crippen molar-refractivity contribution in [3.05, 3.63) is 29.8 Å². The number of imidazole rings is 1. The molecule has 0 bridgehead atoms. The molecule has 0 saturated carbocycles. The van der Waals surface area contributed by atoms with E-state index in [-0.39, 0.29) is 13.2 Å². The maximum absolute atomic E-state index is 9.28. The van der Waals surface area contributed by atoms with Crippen molar-refractivity contribution in [2.24, 2.45) is 0 Å². The highest BCUT2D eigenvalue weighted by Gasteiger charge is 2.21. The molecule has 3 aromatic rings. The number of benzene rings is 1. The van der Waals surface area contributed by atoms with Crippen molar-refractivity contribution in [1.29, 1.82) is 0 Å². The van der Waals surface area contributed by atoms with E-state index in [2.05, 4.69) is 30.6 Å². The summed E-state index contributed by atoms with van der Waals surface area (Å²) in [4.78, 5) is 19.3. The first-order valence-electron chi connectivity index (χ1n) is 10.3. The van der Waals surface area contributed by atoms with Gasteiger partial charge in [0.15, 0.2) is 11.5 Å². The van der Waals surface area contributed by atoms with Crippen LogP contribution in [0.3, 0.4) is 0 Å². The molecular formula is C20H28N8O3. The van der Waals surface area contributed by atoms with Gasteiger partial charge in [0.1, 0.15) is 5.52 Å². The number of hydrogen-bond acceptors (Lipinski definition) is 10. The number of aliphatic hydroxyl groups is 2. The van der Waals surface area contributed by atoms with Crippen LogP contribution in [0.1, 0.15) is 5.56 Å². The van der Waals surface area contributed by atoms with Crippen molar-refractivity contribution >= 4 is 34.6 Å². The van der Waals surface area contributed by atoms with Gasteiger partial charge in [-0.05, 0) is 24.6 Å². The summed E-state index contributed by atoms with van der Waals surface area (Å²) < 4.78 is 5.48. The van der Waals surface area contributed by atoms with Crippen LogP contribution in [0.15, 0.2) is 24.3 Å². The first-order chi connectivity index (χ1) is 15.2. The lowest BCUT2D eigenvalue weighted by molar-refractivity contribution is 0.122. The van der Waals surface area contributed by atoms with Crippen LogP contribution in [0, 0.1) is 6.92 Å². The van der Waals surface area contributed by atoms with Crippen LogP contribution < -0.4 is 15.6 Å². The zero-order chi connectivity index (χ0) is 21.6. The monoisotopic (exact) mass is 428 g/mol. The third kappa shape index (κ3) is 5.20. The zero-order valence-electron chi connectivity index (χ0n) is 17.5. The second-order valence-corrected chi connectivity index (χ2v) is 7.29. The topological polar surface area (TPSA) is 135 Å². The summed E-state index contributed by atoms with van der Waals surface area (Å²) >= 11 is 0. The van der Waals surface area contributed by atoms with Gasteiger partial charge in [-0.2, -0.15) is 15.0 Å². The van der Waals surface area contributed by atoms with Crippen molar-refractivity contribution in [1.82, 2.24) is 24.9 Å². The number of hydrogen-bond donors (Lipinski definition) is 5. The largest absolute Gasteiger partial charge is 0.395 e. The van der Waals surface area contributed by atoms with E-state index in [0.29, 0.717) is 56.9 Å². The first kappa shape index (κ1) is 21.2. The van der Waals surface area contributed by atoms with E-state index in [1.807, 2.05) is 31.2 Å². The molecule has 1 saturated heterocycles. The van der Waals surface area contributed by atoms with E-state index in [1.54, 1.807) is 5.01 Å². The fraction of sp³-hybridized carbons (Fsp3) is 0.450. The molecule has 11 nitrogen and oxygen atoms in total. The van der Waals surface area contributed by atoms with E-state index in [9.17, 15) is 10.2 Å². The number of H-pyrrole nitrogens is 1. The Morgan fingerprint density at radius 1 is 1.13 bits per heavy atom. The average Bonchev–Trinajstić information content (AvgIpc) is 3.16. The molecule has 0 amide bonds. The molecule has 1 fully saturated rings. The summed E-state index contributed by atoms with van der Waals surface area (Å²) in [5.74, 6) is 1.65. The van der Waals surface area contributed by atoms with Crippen LogP contribution in [0.25, 0.3) is 11.2 Å². The van der Waals surface area contributed by atoms with Crippen molar-refractivity contribution in [3.63, 3.8) is 0 Å². The number of aliphatic hydroxyl groups excluding tert-OH is 2. The summed E-state index contributed by atoms with van der Waals surface area (Å²) in [6, 6.07) is 8.03. The fourth-order valence-electron chi connectivity index (χ4n) is 3.46. The number of morpholine rings is 1. The Kier molecular flexibility index (Phi) is 6.77. The molecule has 1 aliphatic heterocycles. The third-order valence-corrected chi connectivity index (χ3v) is 4.92. The number of aromatic amines is 1. The summed E-state index contributed by atoms with van der Waals surface area (Å²) in [5.41, 5.74) is 6.40. The van der Waals surface area contributed by atoms with Crippen LogP contribution in [0.5, 0.6) is 0 Å². The molecular weight excluding hydrogens is 400 g/mol. The number of aromatic nitrogens is 4. The lowest BCUT2D eigenvalue weighted by atomic mass is 10.2. The summed E-state index contributed by atoms with van der Waals surface area (Å²) in [5, 5.41) is 23.5. The number of hydrazine groups is 1. The predicted molar refractivity (Wildman–Crippen MR) is 119 cm³/mol. The Balaban J connectivity index is 1.68. The van der Waals surface area contributed by atoms with Gasteiger partial charge in [0.05, 0.1) is 26.4 Å². The molecule has 0 atom stereocenters. The average molecular weight is 428 g/mol. The second-order valence-electron chi connectivity index (χ2n) is 7.29. The number of anilines is 4. The van der Waals surface area contributed by atoms with Crippen LogP contribution in [-0.4, -0.2) is 87.8 Å². The number of nitrogens with one attached hydrogen (secondary N) is 3. The fourth-order valence-corrected chi connectivity index (χ4v) is 3.46.